The van der Waals surface area contributed by atoms with Gasteiger partial charge in [-0.1, -0.05) is 82.9 Å². The molecule has 0 aliphatic carbocycles. The number of anilines is 1. The van der Waals surface area contributed by atoms with E-state index < -0.39 is 17.2 Å². The van der Waals surface area contributed by atoms with Crippen LogP contribution in [0.3, 0.4) is 0 Å². The number of carbonyl (C=O) groups excluding carboxylic acids is 1. The predicted octanol–water partition coefficient (Wildman–Crippen LogP) is 9.24. The Bertz CT molecular complexity index is 2650. The number of fused-ring (bicyclic) bond motifs is 1. The second kappa shape index (κ2) is 17.2. The maximum absolute atomic E-state index is 14.0. The van der Waals surface area contributed by atoms with E-state index in [2.05, 4.69) is 24.6 Å². The lowest BCUT2D eigenvalue weighted by Gasteiger charge is -2.14. The summed E-state index contributed by atoms with van der Waals surface area (Å²) in [5, 5.41) is 14.5. The largest absolute Gasteiger partial charge is 0.505 e. The van der Waals surface area contributed by atoms with Gasteiger partial charge in [0, 0.05) is 11.6 Å². The van der Waals surface area contributed by atoms with Crippen LogP contribution in [0.4, 0.5) is 11.4 Å². The molecule has 2 heterocycles. The number of ether oxygens (including phenoxy) is 3. The van der Waals surface area contributed by atoms with Crippen LogP contribution in [0.15, 0.2) is 114 Å². The minimum absolute atomic E-state index is 0.0166. The quantitative estimate of drug-likeness (QED) is 0.0502. The topological polar surface area (TPSA) is 151 Å². The van der Waals surface area contributed by atoms with Crippen LogP contribution in [0, 0.1) is 27.3 Å². The van der Waals surface area contributed by atoms with Crippen LogP contribution in [-0.2, 0) is 16.1 Å². The number of allylic oxidation sites excluding steroid dienone is 1. The summed E-state index contributed by atoms with van der Waals surface area (Å²) in [5.41, 5.74) is 3.75. The first-order valence-electron chi connectivity index (χ1n) is 17.5. The van der Waals surface area contributed by atoms with Crippen LogP contribution in [-0.4, -0.2) is 49.1 Å². The van der Waals surface area contributed by atoms with E-state index in [1.807, 2.05) is 75.4 Å². The van der Waals surface area contributed by atoms with Gasteiger partial charge in [-0.2, -0.15) is 4.21 Å². The average Bonchev–Trinajstić information content (AvgIpc) is 3.74. The normalized spacial score (nSPS) is 13.1. The number of aryl methyl sites for hydroxylation is 3. The van der Waals surface area contributed by atoms with Gasteiger partial charge in [0.25, 0.3) is 0 Å². The van der Waals surface area contributed by atoms with E-state index in [-0.39, 0.29) is 74.9 Å². The van der Waals surface area contributed by atoms with Crippen LogP contribution in [0.25, 0.3) is 21.8 Å². The van der Waals surface area contributed by atoms with Gasteiger partial charge < -0.3 is 23.5 Å². The van der Waals surface area contributed by atoms with Crippen molar-refractivity contribution < 1.29 is 32.5 Å². The van der Waals surface area contributed by atoms with Crippen molar-refractivity contribution in [3.63, 3.8) is 0 Å². The molecule has 6 aromatic rings. The van der Waals surface area contributed by atoms with Crippen molar-refractivity contribution in [1.82, 2.24) is 14.8 Å². The molecule has 292 valence electrons. The number of carbonyl (C=O) groups is 1. The highest BCUT2D eigenvalue weighted by molar-refractivity contribution is 7.82. The number of phenols is 1. The van der Waals surface area contributed by atoms with Crippen molar-refractivity contribution in [2.45, 2.75) is 20.8 Å². The Labute approximate surface area is 345 Å². The number of phenolic OH excluding ortho intramolecular Hbond substituents is 1. The number of rotatable bonds is 13. The summed E-state index contributed by atoms with van der Waals surface area (Å²) in [7, 11) is 0. The standard InChI is InChI=1S/C42H32Cl2N6O7S/c1-24-8-13-27(14-9-24)39-47-40-36(37(45-4)41(50(40)48-39)46-29-22-32(43)38(51)33(44)23-29)42(52)56-31-7-5-6-28(21-31)49-58(53)57-35-20-26(3)12-17-34(35)55-19-18-54-30-15-10-25(2)11-16-30/h5-17,20-23,49,51H,18-19H2,1-3H3. The van der Waals surface area contributed by atoms with E-state index in [0.29, 0.717) is 17.0 Å². The van der Waals surface area contributed by atoms with Gasteiger partial charge in [0.05, 0.1) is 28.0 Å². The van der Waals surface area contributed by atoms with Gasteiger partial charge in [-0.05, 0) is 74.9 Å². The fraction of sp³-hybridized carbons (Fsp3) is 0.119. The van der Waals surface area contributed by atoms with E-state index in [1.165, 1.54) is 28.9 Å². The highest BCUT2D eigenvalue weighted by Crippen LogP contribution is 2.38. The van der Waals surface area contributed by atoms with Gasteiger partial charge in [-0.3, -0.25) is 4.72 Å². The molecule has 0 amide bonds. The minimum Gasteiger partial charge on any atom is -0.505 e. The molecule has 1 unspecified atom stereocenters. The van der Waals surface area contributed by atoms with Crippen LogP contribution < -0.4 is 23.1 Å². The minimum atomic E-state index is -2.11. The first kappa shape index (κ1) is 39.6. The fourth-order valence-corrected chi connectivity index (χ4v) is 6.75. The van der Waals surface area contributed by atoms with E-state index in [1.54, 1.807) is 24.3 Å². The molecule has 2 N–H and O–H groups in total. The number of aromatic nitrogens is 3. The van der Waals surface area contributed by atoms with Crippen LogP contribution in [0.5, 0.6) is 28.7 Å². The molecule has 1 atom stereocenters. The molecule has 5 aromatic carbocycles. The van der Waals surface area contributed by atoms with Crippen LogP contribution in [0.1, 0.15) is 22.5 Å². The molecule has 7 rings (SSSR count). The van der Waals surface area contributed by atoms with Gasteiger partial charge >= 0.3 is 17.2 Å². The molecule has 0 spiro atoms. The Hall–Kier alpha value is -6.66. The van der Waals surface area contributed by atoms with E-state index in [9.17, 15) is 14.1 Å². The van der Waals surface area contributed by atoms with Crippen molar-refractivity contribution >= 4 is 63.2 Å². The highest BCUT2D eigenvalue weighted by atomic mass is 35.5. The summed E-state index contributed by atoms with van der Waals surface area (Å²) in [4.78, 5) is 26.8. The van der Waals surface area contributed by atoms with E-state index in [4.69, 9.17) is 48.2 Å². The lowest BCUT2D eigenvalue weighted by Crippen LogP contribution is -2.14. The van der Waals surface area contributed by atoms with Gasteiger partial charge in [-0.25, -0.2) is 24.3 Å². The van der Waals surface area contributed by atoms with Crippen LogP contribution >= 0.6 is 23.2 Å². The first-order chi connectivity index (χ1) is 27.9. The zero-order valence-electron chi connectivity index (χ0n) is 31.0. The third-order valence-corrected chi connectivity index (χ3v) is 9.79. The molecule has 1 aliphatic rings. The smallest absolute Gasteiger partial charge is 0.336 e. The summed E-state index contributed by atoms with van der Waals surface area (Å²) in [6.45, 7) is 14.3. The number of hydrogen-bond donors (Lipinski definition) is 2. The Kier molecular flexibility index (Phi) is 11.8. The summed E-state index contributed by atoms with van der Waals surface area (Å²) in [6.07, 6.45) is 0. The molecule has 13 nitrogen and oxygen atoms in total. The van der Waals surface area contributed by atoms with Crippen molar-refractivity contribution in [1.29, 1.82) is 0 Å². The fourth-order valence-electron chi connectivity index (χ4n) is 5.62. The zero-order valence-corrected chi connectivity index (χ0v) is 33.4. The lowest BCUT2D eigenvalue weighted by molar-refractivity contribution is -0.127. The molecule has 0 saturated heterocycles. The maximum atomic E-state index is 14.0. The lowest BCUT2D eigenvalue weighted by atomic mass is 10.1. The Balaban J connectivity index is 1.09. The third-order valence-electron chi connectivity index (χ3n) is 8.48. The average molecular weight is 836 g/mol. The van der Waals surface area contributed by atoms with Gasteiger partial charge in [-0.15, -0.1) is 5.10 Å². The summed E-state index contributed by atoms with van der Waals surface area (Å²) in [5.74, 6) is 0.379. The van der Waals surface area contributed by atoms with E-state index in [0.717, 1.165) is 22.4 Å². The first-order valence-corrected chi connectivity index (χ1v) is 19.3. The van der Waals surface area contributed by atoms with Crippen molar-refractivity contribution in [2.75, 3.05) is 17.9 Å². The summed E-state index contributed by atoms with van der Waals surface area (Å²) >= 11 is 10.2. The summed E-state index contributed by atoms with van der Waals surface area (Å²) in [6, 6.07) is 29.2. The van der Waals surface area contributed by atoms with E-state index >= 15 is 0 Å². The zero-order chi connectivity index (χ0) is 40.9. The van der Waals surface area contributed by atoms with Crippen molar-refractivity contribution in [3.8, 4) is 40.1 Å². The molecule has 16 heteroatoms. The number of hydrogen-bond acceptors (Lipinski definition) is 10. The molecule has 58 heavy (non-hydrogen) atoms. The predicted molar refractivity (Wildman–Crippen MR) is 222 cm³/mol. The number of benzene rings is 5. The van der Waals surface area contributed by atoms with Gasteiger partial charge in [0.15, 0.2) is 34.7 Å². The second-order valence-electron chi connectivity index (χ2n) is 12.9. The third kappa shape index (κ3) is 8.98. The second-order valence-corrected chi connectivity index (χ2v) is 14.5. The number of nitrogens with one attached hydrogen (secondary N) is 1. The highest BCUT2D eigenvalue weighted by Gasteiger charge is 2.38. The Morgan fingerprint density at radius 3 is 2.24 bits per heavy atom. The molecular formula is C42H32Cl2N6O7S. The Morgan fingerprint density at radius 1 is 0.862 bits per heavy atom. The molecule has 1 aromatic heterocycles. The maximum Gasteiger partial charge on any atom is 0.336 e. The van der Waals surface area contributed by atoms with Crippen molar-refractivity contribution in [2.24, 2.45) is 4.99 Å². The number of halogens is 2. The number of esters is 1. The molecule has 1 aliphatic heterocycles. The molecule has 0 saturated carbocycles. The molecule has 0 fully saturated rings. The number of nitrogens with zero attached hydrogens (tertiary/aromatic N) is 5. The van der Waals surface area contributed by atoms with Gasteiger partial charge in [0.2, 0.25) is 5.70 Å². The molecule has 0 radical (unpaired) electrons. The SMILES string of the molecule is [C-]#[N+]C1=C(C(=O)Oc2cccc(NS(=O)Oc3cc(C)ccc3OCCOc3ccc(C)cc3)c2)c2nc(-c3ccc(C)cc3)nn2C1=Nc1cc(Cl)c(O)c(Cl)c1. The van der Waals surface area contributed by atoms with Crippen molar-refractivity contribution in [3.05, 3.63) is 153 Å². The monoisotopic (exact) mass is 834 g/mol. The van der Waals surface area contributed by atoms with Gasteiger partial charge in [0.1, 0.15) is 30.3 Å². The van der Waals surface area contributed by atoms with Crippen LogP contribution in [0.2, 0.25) is 10.0 Å². The molecule has 0 bridgehead atoms. The number of aliphatic imine (C=N–C) groups is 1. The Morgan fingerprint density at radius 2 is 1.53 bits per heavy atom. The molecular weight excluding hydrogens is 803 g/mol. The summed E-state index contributed by atoms with van der Waals surface area (Å²) < 4.78 is 40.4. The number of aromatic hydroxyl groups is 1.